The molecule has 1 aromatic rings. The molecule has 2 fully saturated rings. The molecule has 1 N–H and O–H groups in total. The molecule has 0 radical (unpaired) electrons. The number of rotatable bonds is 2. The van der Waals surface area contributed by atoms with Crippen LogP contribution in [-0.2, 0) is 9.59 Å². The predicted octanol–water partition coefficient (Wildman–Crippen LogP) is 1.14. The topological polar surface area (TPSA) is 66.5 Å². The molecule has 0 unspecified atom stereocenters. The molecular formula is C16H14N2O3. The van der Waals surface area contributed by atoms with E-state index >= 15 is 0 Å². The number of hydrogen-bond donors (Lipinski definition) is 1. The number of carbonyl (C=O) groups excluding carboxylic acids is 3. The summed E-state index contributed by atoms with van der Waals surface area (Å²) in [4.78, 5) is 36.9. The highest BCUT2D eigenvalue weighted by Crippen LogP contribution is 2.52. The molecule has 0 spiro atoms. The van der Waals surface area contributed by atoms with Gasteiger partial charge in [0.05, 0.1) is 11.8 Å². The van der Waals surface area contributed by atoms with Gasteiger partial charge >= 0.3 is 0 Å². The molecule has 1 heterocycles. The number of benzene rings is 1. The first kappa shape index (κ1) is 12.3. The van der Waals surface area contributed by atoms with Crippen molar-refractivity contribution < 1.29 is 14.4 Å². The van der Waals surface area contributed by atoms with E-state index in [0.717, 1.165) is 11.4 Å². The van der Waals surface area contributed by atoms with E-state index in [1.54, 1.807) is 30.3 Å². The van der Waals surface area contributed by atoms with Crippen LogP contribution in [0.15, 0.2) is 42.5 Å². The Morgan fingerprint density at radius 2 is 1.57 bits per heavy atom. The third-order valence-electron chi connectivity index (χ3n) is 4.72. The van der Waals surface area contributed by atoms with E-state index in [0.29, 0.717) is 5.56 Å². The van der Waals surface area contributed by atoms with E-state index in [9.17, 15) is 14.4 Å². The number of fused-ring (bicyclic) bond motifs is 5. The predicted molar refractivity (Wildman–Crippen MR) is 73.5 cm³/mol. The highest BCUT2D eigenvalue weighted by atomic mass is 16.2. The second-order valence-corrected chi connectivity index (χ2v) is 5.82. The average molecular weight is 282 g/mol. The lowest BCUT2D eigenvalue weighted by molar-refractivity contribution is -0.143. The summed E-state index contributed by atoms with van der Waals surface area (Å²) in [5.41, 5.74) is 2.89. The van der Waals surface area contributed by atoms with Gasteiger partial charge in [0.2, 0.25) is 0 Å². The van der Waals surface area contributed by atoms with Crippen molar-refractivity contribution in [2.75, 3.05) is 0 Å². The van der Waals surface area contributed by atoms with E-state index in [1.165, 1.54) is 0 Å². The average Bonchev–Trinajstić information content (AvgIpc) is 3.18. The van der Waals surface area contributed by atoms with E-state index in [4.69, 9.17) is 0 Å². The Morgan fingerprint density at radius 3 is 2.14 bits per heavy atom. The number of allylic oxidation sites excluding steroid dienone is 2. The van der Waals surface area contributed by atoms with Crippen LogP contribution in [0.25, 0.3) is 0 Å². The lowest BCUT2D eigenvalue weighted by atomic mass is 9.85. The molecule has 106 valence electrons. The monoisotopic (exact) mass is 282 g/mol. The normalized spacial score (nSPS) is 32.7. The lowest BCUT2D eigenvalue weighted by Crippen LogP contribution is -2.47. The fourth-order valence-electron chi connectivity index (χ4n) is 3.77. The van der Waals surface area contributed by atoms with E-state index in [-0.39, 0.29) is 35.5 Å². The molecule has 1 saturated carbocycles. The van der Waals surface area contributed by atoms with Gasteiger partial charge in [-0.1, -0.05) is 30.4 Å². The summed E-state index contributed by atoms with van der Waals surface area (Å²) in [7, 11) is 0. The maximum Gasteiger partial charge on any atom is 0.270 e. The van der Waals surface area contributed by atoms with Crippen LogP contribution >= 0.6 is 0 Å². The molecule has 4 rings (SSSR count). The Morgan fingerprint density at radius 1 is 1.00 bits per heavy atom. The number of hydrogen-bond acceptors (Lipinski definition) is 3. The number of nitrogens with one attached hydrogen (secondary N) is 1. The van der Waals surface area contributed by atoms with Crippen LogP contribution in [0.5, 0.6) is 0 Å². The maximum absolute atomic E-state index is 12.4. The molecule has 1 aliphatic heterocycles. The Balaban J connectivity index is 1.56. The Labute approximate surface area is 121 Å². The molecule has 4 atom stereocenters. The molecule has 2 aliphatic carbocycles. The van der Waals surface area contributed by atoms with E-state index < -0.39 is 5.91 Å². The first-order chi connectivity index (χ1) is 10.2. The van der Waals surface area contributed by atoms with Crippen LogP contribution in [0.3, 0.4) is 0 Å². The van der Waals surface area contributed by atoms with Gasteiger partial charge in [0.1, 0.15) is 0 Å². The number of hydrazine groups is 1. The first-order valence-corrected chi connectivity index (χ1v) is 7.09. The van der Waals surface area contributed by atoms with Crippen LogP contribution in [-0.4, -0.2) is 22.7 Å². The third-order valence-corrected chi connectivity index (χ3v) is 4.72. The number of nitrogens with zero attached hydrogens (tertiary/aromatic N) is 1. The molecule has 0 aromatic heterocycles. The molecule has 3 aliphatic rings. The summed E-state index contributed by atoms with van der Waals surface area (Å²) < 4.78 is 0. The van der Waals surface area contributed by atoms with Crippen LogP contribution in [0, 0.1) is 23.7 Å². The Hall–Kier alpha value is -2.43. The number of amides is 3. The van der Waals surface area contributed by atoms with Crippen molar-refractivity contribution in [3.63, 3.8) is 0 Å². The standard InChI is InChI=1S/C16H14N2O3/c19-14(9-4-2-1-3-5-9)17-18-15(20)12-10-6-7-11(8-10)13(12)16(18)21/h1-7,10-13H,8H2,(H,17,19)/t10-,11+,12-,13+. The van der Waals surface area contributed by atoms with E-state index in [1.807, 2.05) is 12.2 Å². The fourth-order valence-corrected chi connectivity index (χ4v) is 3.77. The van der Waals surface area contributed by atoms with Crippen LogP contribution in [0.4, 0.5) is 0 Å². The van der Waals surface area contributed by atoms with Crippen molar-refractivity contribution in [2.45, 2.75) is 6.42 Å². The largest absolute Gasteiger partial charge is 0.272 e. The van der Waals surface area contributed by atoms with Crippen molar-refractivity contribution in [3.8, 4) is 0 Å². The van der Waals surface area contributed by atoms with Gasteiger partial charge in [-0.2, -0.15) is 5.01 Å². The minimum absolute atomic E-state index is 0.148. The summed E-state index contributed by atoms with van der Waals surface area (Å²) in [5, 5.41) is 0.927. The smallest absolute Gasteiger partial charge is 0.270 e. The summed E-state index contributed by atoms with van der Waals surface area (Å²) in [6, 6.07) is 8.57. The quantitative estimate of drug-likeness (QED) is 0.653. The molecule has 1 aromatic carbocycles. The number of carbonyl (C=O) groups is 3. The minimum Gasteiger partial charge on any atom is -0.272 e. The van der Waals surface area contributed by atoms with Crippen LogP contribution in [0.1, 0.15) is 16.8 Å². The summed E-state index contributed by atoms with van der Waals surface area (Å²) in [6.45, 7) is 0. The van der Waals surface area contributed by atoms with E-state index in [2.05, 4.69) is 5.43 Å². The van der Waals surface area contributed by atoms with Gasteiger partial charge < -0.3 is 0 Å². The van der Waals surface area contributed by atoms with Gasteiger partial charge in [0.15, 0.2) is 0 Å². The zero-order chi connectivity index (χ0) is 14.6. The van der Waals surface area contributed by atoms with Crippen molar-refractivity contribution in [2.24, 2.45) is 23.7 Å². The highest BCUT2D eigenvalue weighted by Gasteiger charge is 2.59. The zero-order valence-electron chi connectivity index (χ0n) is 11.2. The number of imide groups is 1. The second-order valence-electron chi connectivity index (χ2n) is 5.82. The van der Waals surface area contributed by atoms with Gasteiger partial charge in [0.25, 0.3) is 17.7 Å². The van der Waals surface area contributed by atoms with Gasteiger partial charge in [-0.3, -0.25) is 19.8 Å². The lowest BCUT2D eigenvalue weighted by Gasteiger charge is -2.17. The van der Waals surface area contributed by atoms with Crippen LogP contribution in [0.2, 0.25) is 0 Å². The highest BCUT2D eigenvalue weighted by molar-refractivity contribution is 6.08. The van der Waals surface area contributed by atoms with Crippen LogP contribution < -0.4 is 5.43 Å². The second kappa shape index (κ2) is 4.28. The molecule has 1 saturated heterocycles. The van der Waals surface area contributed by atoms with Crippen molar-refractivity contribution >= 4 is 17.7 Å². The summed E-state index contributed by atoms with van der Waals surface area (Å²) in [6.07, 6.45) is 4.94. The molecule has 5 heteroatoms. The Bertz CT molecular complexity index is 637. The first-order valence-electron chi connectivity index (χ1n) is 7.09. The molecular weight excluding hydrogens is 268 g/mol. The van der Waals surface area contributed by atoms with Crippen molar-refractivity contribution in [1.29, 1.82) is 0 Å². The van der Waals surface area contributed by atoms with Gasteiger partial charge in [0, 0.05) is 5.56 Å². The molecule has 21 heavy (non-hydrogen) atoms. The SMILES string of the molecule is O=C(NN1C(=O)[C@@H]2[C@H](C1=O)[C@@H]1C=C[C@H]2C1)c1ccccc1. The van der Waals surface area contributed by atoms with Crippen molar-refractivity contribution in [3.05, 3.63) is 48.0 Å². The van der Waals surface area contributed by atoms with Gasteiger partial charge in [-0.05, 0) is 30.4 Å². The molecule has 2 bridgehead atoms. The minimum atomic E-state index is -0.433. The zero-order valence-corrected chi connectivity index (χ0v) is 11.2. The fraction of sp³-hybridized carbons (Fsp3) is 0.312. The maximum atomic E-state index is 12.4. The summed E-state index contributed by atoms with van der Waals surface area (Å²) >= 11 is 0. The van der Waals surface area contributed by atoms with Gasteiger partial charge in [-0.25, -0.2) is 0 Å². The molecule has 5 nitrogen and oxygen atoms in total. The van der Waals surface area contributed by atoms with Crippen molar-refractivity contribution in [1.82, 2.24) is 10.4 Å². The molecule has 3 amide bonds. The third kappa shape index (κ3) is 1.67. The Kier molecular flexibility index (Phi) is 2.51. The van der Waals surface area contributed by atoms with Gasteiger partial charge in [-0.15, -0.1) is 0 Å². The summed E-state index contributed by atoms with van der Waals surface area (Å²) in [5.74, 6) is -1.26.